The minimum Gasteiger partial charge on any atom is -0.494 e. The van der Waals surface area contributed by atoms with Crippen molar-refractivity contribution >= 4 is 46.1 Å². The van der Waals surface area contributed by atoms with Gasteiger partial charge in [0.2, 0.25) is 5.95 Å². The van der Waals surface area contributed by atoms with Gasteiger partial charge < -0.3 is 35.0 Å². The Bertz CT molecular complexity index is 1380. The number of ether oxygens (including phenoxy) is 2. The fourth-order valence-electron chi connectivity index (χ4n) is 3.82. The summed E-state index contributed by atoms with van der Waals surface area (Å²) in [6.45, 7) is 4.26. The smallest absolute Gasteiger partial charge is 0.294 e. The molecular formula is C26H33ClFN7O5. The highest BCUT2D eigenvalue weighted by atomic mass is 35.5. The highest BCUT2D eigenvalue weighted by Gasteiger charge is 2.25. The van der Waals surface area contributed by atoms with E-state index in [1.807, 2.05) is 19.0 Å². The molecule has 2 aromatic carbocycles. The molecule has 0 aliphatic heterocycles. The molecular weight excluding hydrogens is 545 g/mol. The van der Waals surface area contributed by atoms with Gasteiger partial charge in [-0.3, -0.25) is 10.1 Å². The highest BCUT2D eigenvalue weighted by molar-refractivity contribution is 6.31. The fourth-order valence-corrected chi connectivity index (χ4v) is 3.98. The summed E-state index contributed by atoms with van der Waals surface area (Å²) in [5, 5.41) is 28.4. The number of benzene rings is 2. The van der Waals surface area contributed by atoms with Gasteiger partial charge in [0.25, 0.3) is 5.69 Å². The molecule has 0 bridgehead atoms. The van der Waals surface area contributed by atoms with Crippen molar-refractivity contribution in [2.24, 2.45) is 0 Å². The van der Waals surface area contributed by atoms with Gasteiger partial charge in [0.15, 0.2) is 11.6 Å². The van der Waals surface area contributed by atoms with Gasteiger partial charge in [0.05, 0.1) is 41.7 Å². The number of aliphatic hydroxyl groups is 1. The van der Waals surface area contributed by atoms with Crippen molar-refractivity contribution in [2.75, 3.05) is 64.0 Å². The summed E-state index contributed by atoms with van der Waals surface area (Å²) >= 11 is 6.01. The van der Waals surface area contributed by atoms with Crippen molar-refractivity contribution in [3.63, 3.8) is 0 Å². The average molecular weight is 578 g/mol. The third-order valence-corrected chi connectivity index (χ3v) is 6.27. The van der Waals surface area contributed by atoms with E-state index >= 15 is 0 Å². The number of nitro benzene ring substituents is 1. The van der Waals surface area contributed by atoms with Gasteiger partial charge >= 0.3 is 0 Å². The second kappa shape index (κ2) is 12.5. The van der Waals surface area contributed by atoms with Crippen LogP contribution in [-0.4, -0.2) is 73.3 Å². The standard InChI is InChI=1S/C26H33ClFN7O5/c1-26(2,36)15-10-17(28)16(27)11-18(15)30-24-23(40-7)14-29-25(32-24)31-19-12-21(35(37)38)20(13-22(19)39-6)34(5)9-8-33(3)4/h10-14,36H,8-9H2,1-7H3,(H2,29,30,31,32). The lowest BCUT2D eigenvalue weighted by atomic mass is 9.96. The maximum absolute atomic E-state index is 14.2. The summed E-state index contributed by atoms with van der Waals surface area (Å²) < 4.78 is 25.1. The zero-order valence-electron chi connectivity index (χ0n) is 23.4. The lowest BCUT2D eigenvalue weighted by Crippen LogP contribution is -2.28. The summed E-state index contributed by atoms with van der Waals surface area (Å²) in [6.07, 6.45) is 1.39. The van der Waals surface area contributed by atoms with Crippen molar-refractivity contribution < 1.29 is 23.9 Å². The van der Waals surface area contributed by atoms with Gasteiger partial charge in [-0.25, -0.2) is 9.37 Å². The quantitative estimate of drug-likeness (QED) is 0.200. The second-order valence-corrected chi connectivity index (χ2v) is 10.2. The van der Waals surface area contributed by atoms with E-state index in [0.29, 0.717) is 30.2 Å². The number of halogens is 2. The molecule has 0 saturated heterocycles. The minimum absolute atomic E-state index is 0.0580. The first kappa shape index (κ1) is 30.6. The molecule has 0 spiro atoms. The molecule has 3 N–H and O–H groups in total. The van der Waals surface area contributed by atoms with E-state index in [1.54, 1.807) is 18.0 Å². The monoisotopic (exact) mass is 577 g/mol. The number of hydrogen-bond donors (Lipinski definition) is 3. The van der Waals surface area contributed by atoms with Crippen LogP contribution in [0, 0.1) is 15.9 Å². The molecule has 0 amide bonds. The Morgan fingerprint density at radius 3 is 2.33 bits per heavy atom. The Hall–Kier alpha value is -3.94. The number of likely N-dealkylation sites (N-methyl/N-ethyl adjacent to an activating group) is 2. The number of nitrogens with one attached hydrogen (secondary N) is 2. The normalized spacial score (nSPS) is 11.4. The minimum atomic E-state index is -1.41. The van der Waals surface area contributed by atoms with E-state index in [2.05, 4.69) is 20.6 Å². The van der Waals surface area contributed by atoms with Crippen LogP contribution in [0.3, 0.4) is 0 Å². The Morgan fingerprint density at radius 1 is 1.07 bits per heavy atom. The predicted molar refractivity (Wildman–Crippen MR) is 153 cm³/mol. The molecule has 0 saturated carbocycles. The molecule has 1 aromatic heterocycles. The number of nitrogens with zero attached hydrogens (tertiary/aromatic N) is 5. The number of aromatic nitrogens is 2. The second-order valence-electron chi connectivity index (χ2n) is 9.75. The number of anilines is 5. The first-order valence-corrected chi connectivity index (χ1v) is 12.5. The fraction of sp³-hybridized carbons (Fsp3) is 0.385. The molecule has 0 radical (unpaired) electrons. The number of nitro groups is 1. The number of rotatable bonds is 12. The highest BCUT2D eigenvalue weighted by Crippen LogP contribution is 2.40. The molecule has 12 nitrogen and oxygen atoms in total. The molecule has 14 heteroatoms. The topological polar surface area (TPSA) is 138 Å². The summed E-state index contributed by atoms with van der Waals surface area (Å²) in [4.78, 5) is 23.9. The van der Waals surface area contributed by atoms with Crippen molar-refractivity contribution in [2.45, 2.75) is 19.4 Å². The van der Waals surface area contributed by atoms with Crippen LogP contribution in [0.1, 0.15) is 19.4 Å². The molecule has 0 aliphatic carbocycles. The van der Waals surface area contributed by atoms with Gasteiger partial charge in [-0.2, -0.15) is 4.98 Å². The molecule has 0 aliphatic rings. The first-order chi connectivity index (χ1) is 18.7. The average Bonchev–Trinajstić information content (AvgIpc) is 2.88. The van der Waals surface area contributed by atoms with E-state index in [0.717, 1.165) is 6.07 Å². The molecule has 0 fully saturated rings. The van der Waals surface area contributed by atoms with Gasteiger partial charge in [-0.05, 0) is 40.1 Å². The van der Waals surface area contributed by atoms with Crippen molar-refractivity contribution in [3.8, 4) is 11.5 Å². The zero-order valence-corrected chi connectivity index (χ0v) is 24.1. The molecule has 3 rings (SSSR count). The Labute approximate surface area is 236 Å². The summed E-state index contributed by atoms with van der Waals surface area (Å²) in [6, 6.07) is 5.40. The molecule has 0 atom stereocenters. The largest absolute Gasteiger partial charge is 0.494 e. The maximum Gasteiger partial charge on any atom is 0.294 e. The maximum atomic E-state index is 14.2. The lowest BCUT2D eigenvalue weighted by Gasteiger charge is -2.23. The van der Waals surface area contributed by atoms with Crippen LogP contribution in [0.2, 0.25) is 5.02 Å². The van der Waals surface area contributed by atoms with Gasteiger partial charge in [0.1, 0.15) is 17.3 Å². The van der Waals surface area contributed by atoms with Crippen LogP contribution < -0.4 is 25.0 Å². The third kappa shape index (κ3) is 7.17. The van der Waals surface area contributed by atoms with Crippen LogP contribution in [0.4, 0.5) is 38.9 Å². The Morgan fingerprint density at radius 2 is 1.75 bits per heavy atom. The third-order valence-electron chi connectivity index (χ3n) is 5.98. The van der Waals surface area contributed by atoms with Crippen LogP contribution in [0.15, 0.2) is 30.5 Å². The molecule has 3 aromatic rings. The van der Waals surface area contributed by atoms with E-state index in [9.17, 15) is 19.6 Å². The summed E-state index contributed by atoms with van der Waals surface area (Å²) in [5.74, 6) is 0.111. The number of methoxy groups -OCH3 is 2. The van der Waals surface area contributed by atoms with Crippen LogP contribution in [-0.2, 0) is 5.60 Å². The van der Waals surface area contributed by atoms with Crippen LogP contribution >= 0.6 is 11.6 Å². The SMILES string of the molecule is COc1cc(N(C)CCN(C)C)c([N+](=O)[O-])cc1Nc1ncc(OC)c(Nc2cc(Cl)c(F)cc2C(C)(C)O)n1. The van der Waals surface area contributed by atoms with Gasteiger partial charge in [-0.15, -0.1) is 0 Å². The lowest BCUT2D eigenvalue weighted by molar-refractivity contribution is -0.384. The molecule has 1 heterocycles. The predicted octanol–water partition coefficient (Wildman–Crippen LogP) is 4.91. The van der Waals surface area contributed by atoms with E-state index < -0.39 is 16.3 Å². The van der Waals surface area contributed by atoms with Crippen molar-refractivity contribution in [3.05, 3.63) is 57.0 Å². The van der Waals surface area contributed by atoms with E-state index in [1.165, 1.54) is 46.4 Å². The summed E-state index contributed by atoms with van der Waals surface area (Å²) in [5.41, 5.74) is -0.372. The van der Waals surface area contributed by atoms with Crippen LogP contribution in [0.5, 0.6) is 11.5 Å². The first-order valence-electron chi connectivity index (χ1n) is 12.1. The van der Waals surface area contributed by atoms with Crippen LogP contribution in [0.25, 0.3) is 0 Å². The zero-order chi connectivity index (χ0) is 29.8. The Balaban J connectivity index is 2.02. The molecule has 40 heavy (non-hydrogen) atoms. The van der Waals surface area contributed by atoms with Gasteiger partial charge in [-0.1, -0.05) is 11.6 Å². The van der Waals surface area contributed by atoms with E-state index in [4.69, 9.17) is 21.1 Å². The van der Waals surface area contributed by atoms with Crippen molar-refractivity contribution in [1.82, 2.24) is 14.9 Å². The molecule has 216 valence electrons. The van der Waals surface area contributed by atoms with Gasteiger partial charge in [0, 0.05) is 43.5 Å². The molecule has 0 unspecified atom stereocenters. The summed E-state index contributed by atoms with van der Waals surface area (Å²) in [7, 11) is 8.48. The van der Waals surface area contributed by atoms with E-state index in [-0.39, 0.29) is 39.5 Å². The Kier molecular flexibility index (Phi) is 9.56. The number of hydrogen-bond acceptors (Lipinski definition) is 11. The van der Waals surface area contributed by atoms with Crippen molar-refractivity contribution in [1.29, 1.82) is 0 Å².